The average Bonchev–Trinajstić information content (AvgIpc) is 2.33. The second-order valence-electron chi connectivity index (χ2n) is 4.13. The molecule has 1 aromatic rings. The number of benzene rings is 1. The largest absolute Gasteiger partial charge is 0.385 e. The van der Waals surface area contributed by atoms with Crippen molar-refractivity contribution in [1.29, 1.82) is 0 Å². The zero-order valence-electron chi connectivity index (χ0n) is 9.93. The fourth-order valence-corrected chi connectivity index (χ4v) is 2.22. The van der Waals surface area contributed by atoms with E-state index in [1.165, 1.54) is 6.07 Å². The summed E-state index contributed by atoms with van der Waals surface area (Å²) in [6.45, 7) is 0.616. The highest BCUT2D eigenvalue weighted by molar-refractivity contribution is 9.10. The molecule has 0 bridgehead atoms. The van der Waals surface area contributed by atoms with Crippen molar-refractivity contribution in [3.8, 4) is 0 Å². The van der Waals surface area contributed by atoms with Crippen molar-refractivity contribution in [2.24, 2.45) is 0 Å². The summed E-state index contributed by atoms with van der Waals surface area (Å²) in [7, 11) is 1.63. The number of hydrogen-bond acceptors (Lipinski definition) is 3. The van der Waals surface area contributed by atoms with Crippen LogP contribution in [0.3, 0.4) is 0 Å². The molecule has 1 aliphatic heterocycles. The molecule has 0 fully saturated rings. The van der Waals surface area contributed by atoms with Gasteiger partial charge in [0.1, 0.15) is 11.9 Å². The second kappa shape index (κ2) is 5.67. The summed E-state index contributed by atoms with van der Waals surface area (Å²) < 4.78 is 18.7. The van der Waals surface area contributed by atoms with Gasteiger partial charge in [-0.05, 0) is 34.8 Å². The molecule has 4 nitrogen and oxygen atoms in total. The summed E-state index contributed by atoms with van der Waals surface area (Å²) in [5.74, 6) is -0.533. The van der Waals surface area contributed by atoms with Gasteiger partial charge in [-0.25, -0.2) is 4.39 Å². The molecule has 0 saturated carbocycles. The molecule has 2 rings (SSSR count). The summed E-state index contributed by atoms with van der Waals surface area (Å²) in [6.07, 6.45) is 1.47. The molecule has 0 spiro atoms. The quantitative estimate of drug-likeness (QED) is 0.840. The number of halogens is 2. The van der Waals surface area contributed by atoms with Crippen LogP contribution in [0.25, 0.3) is 0 Å². The van der Waals surface area contributed by atoms with E-state index < -0.39 is 5.82 Å². The molecule has 6 heteroatoms. The minimum Gasteiger partial charge on any atom is -0.385 e. The Balaban J connectivity index is 2.12. The molecule has 0 radical (unpaired) electrons. The lowest BCUT2D eigenvalue weighted by Crippen LogP contribution is -2.39. The van der Waals surface area contributed by atoms with Crippen LogP contribution in [0.4, 0.5) is 15.8 Å². The van der Waals surface area contributed by atoms with Gasteiger partial charge in [-0.3, -0.25) is 4.79 Å². The molecular formula is C12H14BrFN2O2. The predicted octanol–water partition coefficient (Wildman–Crippen LogP) is 2.75. The summed E-state index contributed by atoms with van der Waals surface area (Å²) in [5.41, 5.74) is 1.20. The maximum absolute atomic E-state index is 13.3. The van der Waals surface area contributed by atoms with E-state index in [0.29, 0.717) is 23.2 Å². The van der Waals surface area contributed by atoms with Gasteiger partial charge in [0.2, 0.25) is 5.91 Å². The normalized spacial score (nSPS) is 17.9. The first-order valence-electron chi connectivity index (χ1n) is 5.67. The number of amides is 1. The van der Waals surface area contributed by atoms with E-state index in [2.05, 4.69) is 26.6 Å². The van der Waals surface area contributed by atoms with Crippen molar-refractivity contribution in [1.82, 2.24) is 0 Å². The van der Waals surface area contributed by atoms with Gasteiger partial charge >= 0.3 is 0 Å². The summed E-state index contributed by atoms with van der Waals surface area (Å²) in [6, 6.07) is 2.63. The Bertz CT molecular complexity index is 468. The summed E-state index contributed by atoms with van der Waals surface area (Å²) in [5, 5.41) is 5.81. The van der Waals surface area contributed by atoms with E-state index in [9.17, 15) is 9.18 Å². The van der Waals surface area contributed by atoms with Crippen molar-refractivity contribution in [3.63, 3.8) is 0 Å². The number of carbonyl (C=O) groups excluding carboxylic acids is 1. The van der Waals surface area contributed by atoms with Crippen LogP contribution in [0.15, 0.2) is 16.6 Å². The van der Waals surface area contributed by atoms with Gasteiger partial charge in [0.15, 0.2) is 0 Å². The molecule has 98 valence electrons. The molecule has 1 amide bonds. The first-order chi connectivity index (χ1) is 8.61. The summed E-state index contributed by atoms with van der Waals surface area (Å²) >= 11 is 3.13. The number of fused-ring (bicyclic) bond motifs is 1. The van der Waals surface area contributed by atoms with Gasteiger partial charge in [0, 0.05) is 19.8 Å². The number of nitrogens with one attached hydrogen (secondary N) is 2. The fraction of sp³-hybridized carbons (Fsp3) is 0.417. The molecule has 1 unspecified atom stereocenters. The van der Waals surface area contributed by atoms with Crippen LogP contribution < -0.4 is 10.6 Å². The van der Waals surface area contributed by atoms with E-state index in [-0.39, 0.29) is 11.9 Å². The maximum Gasteiger partial charge on any atom is 0.246 e. The molecule has 1 heterocycles. The highest BCUT2D eigenvalue weighted by atomic mass is 79.9. The Hall–Kier alpha value is -1.14. The van der Waals surface area contributed by atoms with Crippen LogP contribution in [0.2, 0.25) is 0 Å². The van der Waals surface area contributed by atoms with Crippen LogP contribution in [0, 0.1) is 5.82 Å². The third-order valence-corrected chi connectivity index (χ3v) is 3.41. The number of methoxy groups -OCH3 is 1. The number of anilines is 2. The van der Waals surface area contributed by atoms with Gasteiger partial charge in [0.05, 0.1) is 15.8 Å². The standard InChI is InChI=1S/C12H14BrFN2O2/c1-18-4-2-3-9-12(17)16-11-6-8(14)7(13)5-10(11)15-9/h5-6,9,15H,2-4H2,1H3,(H,16,17). The predicted molar refractivity (Wildman–Crippen MR) is 71.3 cm³/mol. The number of carbonyl (C=O) groups is 1. The Labute approximate surface area is 113 Å². The van der Waals surface area contributed by atoms with Gasteiger partial charge in [0.25, 0.3) is 0 Å². The van der Waals surface area contributed by atoms with Crippen LogP contribution in [0.5, 0.6) is 0 Å². The van der Waals surface area contributed by atoms with E-state index in [4.69, 9.17) is 4.74 Å². The highest BCUT2D eigenvalue weighted by Gasteiger charge is 2.25. The number of hydrogen-bond donors (Lipinski definition) is 2. The van der Waals surface area contributed by atoms with Crippen molar-refractivity contribution >= 4 is 33.2 Å². The van der Waals surface area contributed by atoms with E-state index in [1.807, 2.05) is 0 Å². The molecule has 2 N–H and O–H groups in total. The zero-order valence-corrected chi connectivity index (χ0v) is 11.5. The zero-order chi connectivity index (χ0) is 13.1. The molecule has 0 aromatic heterocycles. The minimum atomic E-state index is -0.395. The first kappa shape index (κ1) is 13.3. The minimum absolute atomic E-state index is 0.139. The van der Waals surface area contributed by atoms with Crippen LogP contribution >= 0.6 is 15.9 Å². The Morgan fingerprint density at radius 3 is 2.94 bits per heavy atom. The van der Waals surface area contributed by atoms with Crippen molar-refractivity contribution < 1.29 is 13.9 Å². The van der Waals surface area contributed by atoms with Crippen LogP contribution in [-0.4, -0.2) is 25.7 Å². The van der Waals surface area contributed by atoms with E-state index >= 15 is 0 Å². The first-order valence-corrected chi connectivity index (χ1v) is 6.46. The molecule has 0 aliphatic carbocycles. The van der Waals surface area contributed by atoms with Gasteiger partial charge in [-0.15, -0.1) is 0 Å². The SMILES string of the molecule is COCCCC1Nc2cc(Br)c(F)cc2NC1=O. The van der Waals surface area contributed by atoms with Crippen LogP contribution in [0.1, 0.15) is 12.8 Å². The lowest BCUT2D eigenvalue weighted by atomic mass is 10.1. The Morgan fingerprint density at radius 2 is 2.22 bits per heavy atom. The molecule has 1 aromatic carbocycles. The van der Waals surface area contributed by atoms with Crippen LogP contribution in [-0.2, 0) is 9.53 Å². The molecule has 18 heavy (non-hydrogen) atoms. The third kappa shape index (κ3) is 2.81. The lowest BCUT2D eigenvalue weighted by molar-refractivity contribution is -0.117. The second-order valence-corrected chi connectivity index (χ2v) is 4.99. The number of rotatable bonds is 4. The van der Waals surface area contributed by atoms with Crippen molar-refractivity contribution in [3.05, 3.63) is 22.4 Å². The Kier molecular flexibility index (Phi) is 4.19. The van der Waals surface area contributed by atoms with Crippen molar-refractivity contribution in [2.45, 2.75) is 18.9 Å². The fourth-order valence-electron chi connectivity index (χ4n) is 1.88. The molecule has 1 atom stereocenters. The lowest BCUT2D eigenvalue weighted by Gasteiger charge is -2.27. The Morgan fingerprint density at radius 1 is 1.44 bits per heavy atom. The average molecular weight is 317 g/mol. The maximum atomic E-state index is 13.3. The smallest absolute Gasteiger partial charge is 0.246 e. The third-order valence-electron chi connectivity index (χ3n) is 2.81. The highest BCUT2D eigenvalue weighted by Crippen LogP contribution is 2.32. The monoisotopic (exact) mass is 316 g/mol. The van der Waals surface area contributed by atoms with Gasteiger partial charge in [-0.2, -0.15) is 0 Å². The van der Waals surface area contributed by atoms with E-state index in [0.717, 1.165) is 12.1 Å². The molecular weight excluding hydrogens is 303 g/mol. The van der Waals surface area contributed by atoms with Gasteiger partial charge in [-0.1, -0.05) is 0 Å². The van der Waals surface area contributed by atoms with Crippen molar-refractivity contribution in [2.75, 3.05) is 24.4 Å². The van der Waals surface area contributed by atoms with Gasteiger partial charge < -0.3 is 15.4 Å². The summed E-state index contributed by atoms with van der Waals surface area (Å²) in [4.78, 5) is 11.8. The number of ether oxygens (including phenoxy) is 1. The molecule has 1 aliphatic rings. The van der Waals surface area contributed by atoms with E-state index in [1.54, 1.807) is 13.2 Å². The topological polar surface area (TPSA) is 50.4 Å². The molecule has 0 saturated heterocycles.